The van der Waals surface area contributed by atoms with Crippen LogP contribution in [0.2, 0.25) is 0 Å². The van der Waals surface area contributed by atoms with Crippen molar-refractivity contribution in [2.24, 2.45) is 0 Å². The number of benzene rings is 10. The van der Waals surface area contributed by atoms with Gasteiger partial charge in [0.1, 0.15) is 42.6 Å². The Labute approximate surface area is 355 Å². The van der Waals surface area contributed by atoms with Crippen molar-refractivity contribution >= 4 is 139 Å². The second-order valence-corrected chi connectivity index (χ2v) is 16.6. The summed E-state index contributed by atoms with van der Waals surface area (Å²) in [5, 5.41) is 11.0. The summed E-state index contributed by atoms with van der Waals surface area (Å²) in [5.74, 6) is 0. The Bertz CT molecular complexity index is 3760. The van der Waals surface area contributed by atoms with Crippen LogP contribution in [0.4, 0.5) is 0 Å². The van der Waals surface area contributed by atoms with Gasteiger partial charge >= 0.3 is 0 Å². The zero-order valence-corrected chi connectivity index (χ0v) is 33.1. The monoisotopic (exact) mass is 768 g/mol. The van der Waals surface area contributed by atoms with Crippen LogP contribution in [-0.2, 0) is 0 Å². The molecule has 0 saturated carbocycles. The molecule has 2 heterocycles. The van der Waals surface area contributed by atoms with Crippen LogP contribution >= 0.6 is 11.3 Å². The number of rotatable bonds is 4. The quantitative estimate of drug-likeness (QED) is 0.128. The molecule has 0 aliphatic carbocycles. The summed E-state index contributed by atoms with van der Waals surface area (Å²) in [6.07, 6.45) is 0. The number of hydrogen-bond donors (Lipinski definition) is 0. The van der Waals surface area contributed by atoms with Gasteiger partial charge in [0.25, 0.3) is 0 Å². The lowest BCUT2D eigenvalue weighted by molar-refractivity contribution is 0.670. The number of para-hydroxylation sites is 1. The highest BCUT2D eigenvalue weighted by atomic mass is 32.1. The Hall–Kier alpha value is -6.74. The Morgan fingerprint density at radius 3 is 1.80 bits per heavy atom. The van der Waals surface area contributed by atoms with Crippen LogP contribution in [0.3, 0.4) is 0 Å². The maximum atomic E-state index is 6.84. The average Bonchev–Trinajstić information content (AvgIpc) is 3.89. The van der Waals surface area contributed by atoms with Crippen LogP contribution in [0.25, 0.3) is 119 Å². The summed E-state index contributed by atoms with van der Waals surface area (Å²) in [6, 6.07) is 60.8. The van der Waals surface area contributed by atoms with Crippen LogP contribution < -0.4 is 21.9 Å². The van der Waals surface area contributed by atoms with Crippen molar-refractivity contribution in [2.45, 2.75) is 0 Å². The van der Waals surface area contributed by atoms with Gasteiger partial charge in [-0.1, -0.05) is 157 Å². The van der Waals surface area contributed by atoms with E-state index < -0.39 is 0 Å². The van der Waals surface area contributed by atoms with E-state index in [0.29, 0.717) is 21.9 Å². The number of hydrogen-bond acceptors (Lipinski definition) is 2. The molecule has 0 atom stereocenters. The second kappa shape index (κ2) is 13.4. The van der Waals surface area contributed by atoms with Crippen molar-refractivity contribution in [2.75, 3.05) is 0 Å². The first-order valence-electron chi connectivity index (χ1n) is 20.0. The normalized spacial score (nSPS) is 11.9. The highest BCUT2D eigenvalue weighted by Gasteiger charge is 2.24. The summed E-state index contributed by atoms with van der Waals surface area (Å²) >= 11 is 1.59. The zero-order chi connectivity index (χ0) is 40.2. The van der Waals surface area contributed by atoms with Gasteiger partial charge in [0.05, 0.1) is 0 Å². The maximum Gasteiger partial charge on any atom is 0.143 e. The zero-order valence-electron chi connectivity index (χ0n) is 32.3. The molecule has 0 unspecified atom stereocenters. The van der Waals surface area contributed by atoms with E-state index in [4.69, 9.17) is 35.8 Å². The van der Waals surface area contributed by atoms with Gasteiger partial charge in [-0.15, -0.1) is 22.3 Å². The minimum atomic E-state index is 0.316. The van der Waals surface area contributed by atoms with E-state index in [-0.39, 0.29) is 0 Å². The fraction of sp³-hybridized carbons (Fsp3) is 0. The molecule has 0 bridgehead atoms. The third-order valence-corrected chi connectivity index (χ3v) is 13.6. The molecule has 0 fully saturated rings. The molecule has 0 aliphatic rings. The van der Waals surface area contributed by atoms with Gasteiger partial charge in [0.15, 0.2) is 0 Å². The molecular formula is C54H28B4OS. The van der Waals surface area contributed by atoms with Crippen molar-refractivity contribution in [1.29, 1.82) is 0 Å². The van der Waals surface area contributed by atoms with Crippen molar-refractivity contribution in [3.8, 4) is 44.5 Å². The van der Waals surface area contributed by atoms with Crippen molar-refractivity contribution in [1.82, 2.24) is 0 Å². The molecule has 6 heteroatoms. The predicted octanol–water partition coefficient (Wildman–Crippen LogP) is 11.3. The van der Waals surface area contributed by atoms with Gasteiger partial charge in [-0.25, -0.2) is 0 Å². The number of thiophene rings is 1. The third-order valence-electron chi connectivity index (χ3n) is 12.4. The van der Waals surface area contributed by atoms with Crippen LogP contribution in [0.1, 0.15) is 0 Å². The van der Waals surface area contributed by atoms with E-state index in [1.165, 1.54) is 27.3 Å². The SMILES string of the molecule is [B]c1c([B])c([B])c2c(sc3cccc(-c4ccc5c(-c6cccc7ccccc67)c6ccccc6c(-c6ccc(-c7ccccc7)c7oc8ccccc8c67)c5c4)c32)c1[B]. The number of furan rings is 1. The van der Waals surface area contributed by atoms with Gasteiger partial charge in [-0.05, 0) is 101 Å². The summed E-state index contributed by atoms with van der Waals surface area (Å²) in [7, 11) is 26.3. The molecule has 8 radical (unpaired) electrons. The molecule has 268 valence electrons. The Morgan fingerprint density at radius 2 is 0.983 bits per heavy atom. The lowest BCUT2D eigenvalue weighted by atomic mass is 9.65. The largest absolute Gasteiger partial charge is 0.455 e. The standard InChI is InChI=1S/C54H28B4OS/c55-49-48-47-33(20-11-23-43(47)60-54(48)52(58)51(57)50(49)56)31-24-25-38-41(28-31)45(37-18-7-6-17-36(37)44(38)35-21-10-15-29-14-4-5-16-32(29)35)40-27-26-34(30-12-2-1-3-13-30)53-46(40)39-19-8-9-22-42(39)59-53/h1-28H. The van der Waals surface area contributed by atoms with Crippen LogP contribution in [0.5, 0.6) is 0 Å². The predicted molar refractivity (Wildman–Crippen MR) is 262 cm³/mol. The minimum absolute atomic E-state index is 0.316. The lowest BCUT2D eigenvalue weighted by Gasteiger charge is -2.20. The molecule has 0 saturated heterocycles. The van der Waals surface area contributed by atoms with Crippen LogP contribution in [0.15, 0.2) is 174 Å². The maximum absolute atomic E-state index is 6.84. The molecule has 0 spiro atoms. The molecule has 0 N–H and O–H groups in total. The van der Waals surface area contributed by atoms with Gasteiger partial charge < -0.3 is 4.42 Å². The van der Waals surface area contributed by atoms with Crippen molar-refractivity contribution < 1.29 is 4.42 Å². The van der Waals surface area contributed by atoms with Gasteiger partial charge in [-0.3, -0.25) is 0 Å². The molecule has 0 amide bonds. The fourth-order valence-electron chi connectivity index (χ4n) is 9.63. The molecular weight excluding hydrogens is 740 g/mol. The molecule has 12 aromatic rings. The summed E-state index contributed by atoms with van der Waals surface area (Å²) < 4.78 is 8.74. The molecule has 12 rings (SSSR count). The number of fused-ring (bicyclic) bond motifs is 9. The first-order valence-corrected chi connectivity index (χ1v) is 20.8. The molecule has 0 aliphatic heterocycles. The van der Waals surface area contributed by atoms with E-state index in [2.05, 4.69) is 158 Å². The first kappa shape index (κ1) is 35.2. The Balaban J connectivity index is 1.26. The summed E-state index contributed by atoms with van der Waals surface area (Å²) in [5.41, 5.74) is 12.2. The van der Waals surface area contributed by atoms with Crippen molar-refractivity contribution in [3.63, 3.8) is 0 Å². The average molecular weight is 768 g/mol. The highest BCUT2D eigenvalue weighted by molar-refractivity contribution is 7.27. The third kappa shape index (κ3) is 5.04. The fourth-order valence-corrected chi connectivity index (χ4v) is 10.8. The van der Waals surface area contributed by atoms with Gasteiger partial charge in [0, 0.05) is 31.1 Å². The lowest BCUT2D eigenvalue weighted by Crippen LogP contribution is -2.47. The minimum Gasteiger partial charge on any atom is -0.455 e. The Kier molecular flexibility index (Phi) is 7.86. The molecule has 60 heavy (non-hydrogen) atoms. The summed E-state index contributed by atoms with van der Waals surface area (Å²) in [4.78, 5) is 0. The van der Waals surface area contributed by atoms with Gasteiger partial charge in [-0.2, -0.15) is 0 Å². The molecule has 2 aromatic heterocycles. The Morgan fingerprint density at radius 1 is 0.367 bits per heavy atom. The van der Waals surface area contributed by atoms with E-state index in [9.17, 15) is 0 Å². The molecule has 10 aromatic carbocycles. The van der Waals surface area contributed by atoms with Crippen LogP contribution in [0, 0.1) is 0 Å². The molecule has 1 nitrogen and oxygen atoms in total. The van der Waals surface area contributed by atoms with Gasteiger partial charge in [0.2, 0.25) is 0 Å². The smallest absolute Gasteiger partial charge is 0.143 e. The van der Waals surface area contributed by atoms with Crippen LogP contribution in [-0.4, -0.2) is 31.4 Å². The second-order valence-electron chi connectivity index (χ2n) is 15.6. The highest BCUT2D eigenvalue weighted by Crippen LogP contribution is 2.50. The topological polar surface area (TPSA) is 13.1 Å². The summed E-state index contributed by atoms with van der Waals surface area (Å²) in [6.45, 7) is 0. The van der Waals surface area contributed by atoms with E-state index in [0.717, 1.165) is 91.7 Å². The van der Waals surface area contributed by atoms with Crippen molar-refractivity contribution in [3.05, 3.63) is 170 Å². The van der Waals surface area contributed by atoms with E-state index in [1.54, 1.807) is 11.3 Å². The van der Waals surface area contributed by atoms with E-state index in [1.807, 2.05) is 12.1 Å². The first-order chi connectivity index (χ1) is 29.5. The van der Waals surface area contributed by atoms with E-state index >= 15 is 0 Å².